The van der Waals surface area contributed by atoms with E-state index in [1.807, 2.05) is 0 Å². The number of aryl methyl sites for hydroxylation is 1. The van der Waals surface area contributed by atoms with Gasteiger partial charge in [0.2, 0.25) is 0 Å². The van der Waals surface area contributed by atoms with Crippen LogP contribution in [0.1, 0.15) is 16.2 Å². The molecule has 5 heteroatoms. The Morgan fingerprint density at radius 1 is 1.50 bits per heavy atom. The van der Waals surface area contributed by atoms with E-state index in [0.29, 0.717) is 16.6 Å². The number of benzene rings is 1. The van der Waals surface area contributed by atoms with Crippen molar-refractivity contribution in [2.75, 3.05) is 0 Å². The smallest absolute Gasteiger partial charge is 0.185 e. The number of hydrogen-bond donors (Lipinski definition) is 1. The van der Waals surface area contributed by atoms with Gasteiger partial charge in [0, 0.05) is 5.56 Å². The summed E-state index contributed by atoms with van der Waals surface area (Å²) in [4.78, 5) is 17.4. The van der Waals surface area contributed by atoms with E-state index in [9.17, 15) is 9.18 Å². The quantitative estimate of drug-likeness (QED) is 0.861. The van der Waals surface area contributed by atoms with Gasteiger partial charge in [0.15, 0.2) is 12.1 Å². The summed E-state index contributed by atoms with van der Waals surface area (Å²) in [5.41, 5.74) is 2.17. The molecule has 0 atom stereocenters. The number of rotatable bonds is 2. The molecule has 0 bridgehead atoms. The number of nitrogens with zero attached hydrogens (tertiary/aromatic N) is 1. The number of aromatic amines is 1. The second kappa shape index (κ2) is 4.17. The van der Waals surface area contributed by atoms with E-state index in [1.54, 1.807) is 13.0 Å². The summed E-state index contributed by atoms with van der Waals surface area (Å²) < 4.78 is 13.6. The fourth-order valence-corrected chi connectivity index (χ4v) is 2.00. The molecule has 0 unspecified atom stereocenters. The van der Waals surface area contributed by atoms with Crippen molar-refractivity contribution in [3.8, 4) is 11.3 Å². The van der Waals surface area contributed by atoms with Gasteiger partial charge in [-0.05, 0) is 46.6 Å². The molecule has 1 aromatic heterocycles. The number of hydrogen-bond acceptors (Lipinski definition) is 2. The Hall–Kier alpha value is -1.49. The molecule has 0 aliphatic heterocycles. The van der Waals surface area contributed by atoms with E-state index in [4.69, 9.17) is 0 Å². The van der Waals surface area contributed by atoms with E-state index in [2.05, 4.69) is 25.9 Å². The van der Waals surface area contributed by atoms with E-state index in [1.165, 1.54) is 12.1 Å². The number of aromatic nitrogens is 2. The van der Waals surface area contributed by atoms with E-state index >= 15 is 0 Å². The SMILES string of the molecule is Cc1cc(F)ccc1-c1nc(C=O)[nH]c1Br. The zero-order valence-electron chi connectivity index (χ0n) is 8.42. The highest BCUT2D eigenvalue weighted by Gasteiger charge is 2.12. The predicted molar refractivity (Wildman–Crippen MR) is 61.8 cm³/mol. The number of nitrogens with one attached hydrogen (secondary N) is 1. The molecule has 0 fully saturated rings. The summed E-state index contributed by atoms with van der Waals surface area (Å²) in [5.74, 6) is -0.0471. The van der Waals surface area contributed by atoms with Crippen LogP contribution in [0.15, 0.2) is 22.8 Å². The van der Waals surface area contributed by atoms with Gasteiger partial charge in [-0.15, -0.1) is 0 Å². The van der Waals surface area contributed by atoms with Gasteiger partial charge in [0.05, 0.1) is 0 Å². The summed E-state index contributed by atoms with van der Waals surface area (Å²) in [5, 5.41) is 0. The van der Waals surface area contributed by atoms with Gasteiger partial charge in [0.1, 0.15) is 16.1 Å². The first-order chi connectivity index (χ1) is 7.61. The molecule has 1 heterocycles. The molecular weight excluding hydrogens is 275 g/mol. The van der Waals surface area contributed by atoms with Crippen LogP contribution in [-0.4, -0.2) is 16.3 Å². The van der Waals surface area contributed by atoms with E-state index in [-0.39, 0.29) is 11.6 Å². The van der Waals surface area contributed by atoms with Crippen molar-refractivity contribution >= 4 is 22.2 Å². The van der Waals surface area contributed by atoms with E-state index in [0.717, 1.165) is 11.1 Å². The molecule has 0 saturated carbocycles. The first kappa shape index (κ1) is 11.0. The number of imidazole rings is 1. The molecule has 1 N–H and O–H groups in total. The van der Waals surface area contributed by atoms with E-state index < -0.39 is 0 Å². The predicted octanol–water partition coefficient (Wildman–Crippen LogP) is 3.10. The Kier molecular flexibility index (Phi) is 2.87. The molecule has 2 aromatic rings. The normalized spacial score (nSPS) is 10.4. The molecular formula is C11H8BrFN2O. The van der Waals surface area contributed by atoms with Gasteiger partial charge in [-0.2, -0.15) is 0 Å². The lowest BCUT2D eigenvalue weighted by atomic mass is 10.1. The van der Waals surface area contributed by atoms with Gasteiger partial charge in [0.25, 0.3) is 0 Å². The maximum Gasteiger partial charge on any atom is 0.185 e. The fraction of sp³-hybridized carbons (Fsp3) is 0.0909. The number of H-pyrrole nitrogens is 1. The highest BCUT2D eigenvalue weighted by molar-refractivity contribution is 9.10. The average Bonchev–Trinajstić information content (AvgIpc) is 2.60. The zero-order valence-corrected chi connectivity index (χ0v) is 10.0. The molecule has 0 radical (unpaired) electrons. The lowest BCUT2D eigenvalue weighted by molar-refractivity contribution is 0.111. The van der Waals surface area contributed by atoms with Crippen molar-refractivity contribution in [2.45, 2.75) is 6.92 Å². The van der Waals surface area contributed by atoms with Crippen LogP contribution >= 0.6 is 15.9 Å². The van der Waals surface area contributed by atoms with Crippen LogP contribution in [0.5, 0.6) is 0 Å². The maximum atomic E-state index is 12.9. The number of carbonyl (C=O) groups is 1. The topological polar surface area (TPSA) is 45.8 Å². The minimum absolute atomic E-state index is 0.241. The molecule has 82 valence electrons. The molecule has 0 amide bonds. The fourth-order valence-electron chi connectivity index (χ4n) is 1.50. The summed E-state index contributed by atoms with van der Waals surface area (Å²) in [6.07, 6.45) is 0.632. The zero-order chi connectivity index (χ0) is 11.7. The first-order valence-corrected chi connectivity index (χ1v) is 5.38. The summed E-state index contributed by atoms with van der Waals surface area (Å²) in [6.45, 7) is 1.79. The molecule has 0 saturated heterocycles. The average molecular weight is 283 g/mol. The van der Waals surface area contributed by atoms with Crippen molar-refractivity contribution in [3.63, 3.8) is 0 Å². The third-order valence-electron chi connectivity index (χ3n) is 2.23. The van der Waals surface area contributed by atoms with Gasteiger partial charge >= 0.3 is 0 Å². The van der Waals surface area contributed by atoms with Gasteiger partial charge in [-0.1, -0.05) is 0 Å². The third kappa shape index (κ3) is 1.90. The van der Waals surface area contributed by atoms with Crippen LogP contribution in [0.2, 0.25) is 0 Å². The van der Waals surface area contributed by atoms with Crippen LogP contribution in [0, 0.1) is 12.7 Å². The van der Waals surface area contributed by atoms with Gasteiger partial charge < -0.3 is 4.98 Å². The van der Waals surface area contributed by atoms with Crippen molar-refractivity contribution in [2.24, 2.45) is 0 Å². The first-order valence-electron chi connectivity index (χ1n) is 4.59. The Bertz CT molecular complexity index is 551. The van der Waals surface area contributed by atoms with Crippen molar-refractivity contribution in [1.29, 1.82) is 0 Å². The Morgan fingerprint density at radius 3 is 2.81 bits per heavy atom. The maximum absolute atomic E-state index is 12.9. The van der Waals surface area contributed by atoms with Crippen molar-refractivity contribution in [1.82, 2.24) is 9.97 Å². The van der Waals surface area contributed by atoms with Crippen LogP contribution in [-0.2, 0) is 0 Å². The number of carbonyl (C=O) groups excluding carboxylic acids is 1. The summed E-state index contributed by atoms with van der Waals surface area (Å²) in [6, 6.07) is 4.43. The molecule has 0 spiro atoms. The lowest BCUT2D eigenvalue weighted by Gasteiger charge is -2.02. The summed E-state index contributed by atoms with van der Waals surface area (Å²) >= 11 is 3.28. The largest absolute Gasteiger partial charge is 0.330 e. The van der Waals surface area contributed by atoms with Crippen LogP contribution < -0.4 is 0 Å². The second-order valence-electron chi connectivity index (χ2n) is 3.36. The molecule has 3 nitrogen and oxygen atoms in total. The minimum Gasteiger partial charge on any atom is -0.330 e. The Morgan fingerprint density at radius 2 is 2.25 bits per heavy atom. The van der Waals surface area contributed by atoms with Gasteiger partial charge in [-0.25, -0.2) is 9.37 Å². The highest BCUT2D eigenvalue weighted by atomic mass is 79.9. The molecule has 0 aliphatic carbocycles. The Labute approximate surface area is 99.8 Å². The molecule has 2 rings (SSSR count). The van der Waals surface area contributed by atoms with Gasteiger partial charge in [-0.3, -0.25) is 4.79 Å². The molecule has 16 heavy (non-hydrogen) atoms. The molecule has 1 aromatic carbocycles. The minimum atomic E-state index is -0.288. The molecule has 0 aliphatic rings. The van der Waals surface area contributed by atoms with Crippen LogP contribution in [0.3, 0.4) is 0 Å². The monoisotopic (exact) mass is 282 g/mol. The Balaban J connectivity index is 2.57. The highest BCUT2D eigenvalue weighted by Crippen LogP contribution is 2.28. The van der Waals surface area contributed by atoms with Crippen molar-refractivity contribution < 1.29 is 9.18 Å². The number of halogens is 2. The van der Waals surface area contributed by atoms with Crippen LogP contribution in [0.4, 0.5) is 4.39 Å². The van der Waals surface area contributed by atoms with Crippen molar-refractivity contribution in [3.05, 3.63) is 40.0 Å². The van der Waals surface area contributed by atoms with Crippen LogP contribution in [0.25, 0.3) is 11.3 Å². The third-order valence-corrected chi connectivity index (χ3v) is 2.81. The number of aldehydes is 1. The standard InChI is InChI=1S/C11H8BrFN2O/c1-6-4-7(13)2-3-8(6)10-11(12)15-9(5-16)14-10/h2-5H,1H3,(H,14,15). The second-order valence-corrected chi connectivity index (χ2v) is 4.15. The lowest BCUT2D eigenvalue weighted by Crippen LogP contribution is -1.87. The summed E-state index contributed by atoms with van der Waals surface area (Å²) in [7, 11) is 0.